The van der Waals surface area contributed by atoms with Crippen molar-refractivity contribution in [1.29, 1.82) is 0 Å². The smallest absolute Gasteiger partial charge is 0.165 e. The van der Waals surface area contributed by atoms with E-state index in [0.717, 1.165) is 39.9 Å². The number of carbonyl (C=O) groups is 1. The SMILES string of the molecule is CCC1(c2ccccc2)C2=C(CC(C)(C)CC2=O)NC2N=NC(Br)=C21. The van der Waals surface area contributed by atoms with Gasteiger partial charge in [-0.05, 0) is 39.8 Å². The van der Waals surface area contributed by atoms with E-state index in [1.165, 1.54) is 0 Å². The molecule has 2 atom stereocenters. The van der Waals surface area contributed by atoms with Crippen LogP contribution >= 0.6 is 15.9 Å². The van der Waals surface area contributed by atoms with Crippen LogP contribution < -0.4 is 5.32 Å². The summed E-state index contributed by atoms with van der Waals surface area (Å²) in [7, 11) is 0. The van der Waals surface area contributed by atoms with Crippen LogP contribution in [0.3, 0.4) is 0 Å². The summed E-state index contributed by atoms with van der Waals surface area (Å²) in [5.41, 5.74) is 3.66. The molecule has 0 bridgehead atoms. The van der Waals surface area contributed by atoms with Crippen molar-refractivity contribution in [3.8, 4) is 0 Å². The summed E-state index contributed by atoms with van der Waals surface area (Å²) in [6.07, 6.45) is 2.04. The lowest BCUT2D eigenvalue weighted by Gasteiger charge is -2.47. The van der Waals surface area contributed by atoms with Crippen molar-refractivity contribution in [2.24, 2.45) is 15.6 Å². The molecule has 130 valence electrons. The molecule has 5 heteroatoms. The fraction of sp³-hybridized carbons (Fsp3) is 0.450. The second kappa shape index (κ2) is 5.63. The molecule has 2 heterocycles. The summed E-state index contributed by atoms with van der Waals surface area (Å²) in [6, 6.07) is 10.3. The molecule has 0 amide bonds. The van der Waals surface area contributed by atoms with E-state index in [0.29, 0.717) is 6.42 Å². The minimum atomic E-state index is -0.470. The van der Waals surface area contributed by atoms with E-state index in [1.807, 2.05) is 18.2 Å². The summed E-state index contributed by atoms with van der Waals surface area (Å²) < 4.78 is 0.750. The monoisotopic (exact) mass is 399 g/mol. The molecule has 1 N–H and O–H groups in total. The van der Waals surface area contributed by atoms with Crippen molar-refractivity contribution in [2.45, 2.75) is 51.6 Å². The molecule has 3 aliphatic rings. The maximum Gasteiger partial charge on any atom is 0.165 e. The molecule has 0 aromatic heterocycles. The van der Waals surface area contributed by atoms with Gasteiger partial charge >= 0.3 is 0 Å². The highest BCUT2D eigenvalue weighted by Crippen LogP contribution is 2.55. The second-order valence-electron chi connectivity index (χ2n) is 7.89. The Bertz CT molecular complexity index is 838. The predicted octanol–water partition coefficient (Wildman–Crippen LogP) is 4.98. The lowest BCUT2D eigenvalue weighted by Crippen LogP contribution is -2.51. The Morgan fingerprint density at radius 3 is 2.64 bits per heavy atom. The lowest BCUT2D eigenvalue weighted by molar-refractivity contribution is -0.119. The molecule has 0 saturated heterocycles. The third kappa shape index (κ3) is 2.35. The number of benzene rings is 1. The Morgan fingerprint density at radius 2 is 1.96 bits per heavy atom. The summed E-state index contributed by atoms with van der Waals surface area (Å²) in [6.45, 7) is 6.46. The van der Waals surface area contributed by atoms with Gasteiger partial charge < -0.3 is 5.32 Å². The summed E-state index contributed by atoms with van der Waals surface area (Å²) in [4.78, 5) is 13.3. The van der Waals surface area contributed by atoms with Crippen LogP contribution in [0.2, 0.25) is 0 Å². The van der Waals surface area contributed by atoms with Crippen molar-refractivity contribution in [3.05, 3.63) is 57.3 Å². The maximum atomic E-state index is 13.3. The van der Waals surface area contributed by atoms with Crippen LogP contribution in [0.5, 0.6) is 0 Å². The Morgan fingerprint density at radius 1 is 1.24 bits per heavy atom. The van der Waals surface area contributed by atoms with E-state index in [9.17, 15) is 4.79 Å². The molecule has 1 aliphatic carbocycles. The third-order valence-electron chi connectivity index (χ3n) is 5.63. The quantitative estimate of drug-likeness (QED) is 0.712. The van der Waals surface area contributed by atoms with Crippen molar-refractivity contribution in [2.75, 3.05) is 0 Å². The molecule has 2 aliphatic heterocycles. The minimum Gasteiger partial charge on any atom is -0.362 e. The third-order valence-corrected chi connectivity index (χ3v) is 6.21. The molecular formula is C20H22BrN3O. The molecule has 4 nitrogen and oxygen atoms in total. The summed E-state index contributed by atoms with van der Waals surface area (Å²) >= 11 is 3.60. The normalized spacial score (nSPS) is 30.2. The largest absolute Gasteiger partial charge is 0.362 e. The number of allylic oxidation sites excluding steroid dienone is 2. The number of carbonyl (C=O) groups excluding carboxylic acids is 1. The summed E-state index contributed by atoms with van der Waals surface area (Å²) in [5, 5.41) is 12.2. The molecule has 0 radical (unpaired) electrons. The number of ketones is 1. The van der Waals surface area contributed by atoms with Gasteiger partial charge in [-0.15, -0.1) is 5.11 Å². The van der Waals surface area contributed by atoms with E-state index < -0.39 is 5.41 Å². The molecule has 2 unspecified atom stereocenters. The molecular weight excluding hydrogens is 378 g/mol. The fourth-order valence-corrected chi connectivity index (χ4v) is 5.32. The van der Waals surface area contributed by atoms with Crippen molar-refractivity contribution < 1.29 is 4.79 Å². The first kappa shape index (κ1) is 16.7. The highest BCUT2D eigenvalue weighted by molar-refractivity contribution is 9.11. The van der Waals surface area contributed by atoms with Crippen molar-refractivity contribution in [1.82, 2.24) is 5.32 Å². The van der Waals surface area contributed by atoms with Gasteiger partial charge in [0.15, 0.2) is 11.9 Å². The molecule has 4 rings (SSSR count). The van der Waals surface area contributed by atoms with Gasteiger partial charge in [-0.1, -0.05) is 51.1 Å². The van der Waals surface area contributed by atoms with Gasteiger partial charge in [0.05, 0.1) is 5.41 Å². The van der Waals surface area contributed by atoms with Gasteiger partial charge in [-0.3, -0.25) is 4.79 Å². The highest BCUT2D eigenvalue weighted by Gasteiger charge is 2.54. The van der Waals surface area contributed by atoms with E-state index in [2.05, 4.69) is 64.4 Å². The van der Waals surface area contributed by atoms with E-state index >= 15 is 0 Å². The molecule has 25 heavy (non-hydrogen) atoms. The van der Waals surface area contributed by atoms with Crippen LogP contribution in [-0.2, 0) is 10.2 Å². The van der Waals surface area contributed by atoms with Crippen LogP contribution in [-0.4, -0.2) is 11.9 Å². The van der Waals surface area contributed by atoms with Crippen LogP contribution in [0.4, 0.5) is 0 Å². The molecule has 1 aromatic rings. The number of fused-ring (bicyclic) bond motifs is 1. The number of halogens is 1. The Hall–Kier alpha value is -1.75. The number of nitrogens with zero attached hydrogens (tertiary/aromatic N) is 2. The Labute approximate surface area is 156 Å². The number of hydrogen-bond acceptors (Lipinski definition) is 4. The zero-order valence-electron chi connectivity index (χ0n) is 14.8. The standard InChI is InChI=1S/C20H22BrN3O/c1-4-20(12-8-6-5-7-9-12)15-13(10-19(2,3)11-14(15)25)22-18-16(20)17(21)23-24-18/h5-9,18,22H,4,10-11H2,1-3H3. The highest BCUT2D eigenvalue weighted by atomic mass is 79.9. The van der Waals surface area contributed by atoms with E-state index in [4.69, 9.17) is 0 Å². The van der Waals surface area contributed by atoms with Crippen molar-refractivity contribution in [3.63, 3.8) is 0 Å². The maximum absolute atomic E-state index is 13.3. The molecule has 0 spiro atoms. The first-order chi connectivity index (χ1) is 11.9. The van der Waals surface area contributed by atoms with Crippen LogP contribution in [0, 0.1) is 5.41 Å². The van der Waals surface area contributed by atoms with Crippen LogP contribution in [0.25, 0.3) is 0 Å². The van der Waals surface area contributed by atoms with Crippen LogP contribution in [0.1, 0.15) is 45.6 Å². The first-order valence-electron chi connectivity index (χ1n) is 8.79. The number of nitrogens with one attached hydrogen (secondary N) is 1. The van der Waals surface area contributed by atoms with E-state index in [-0.39, 0.29) is 17.4 Å². The zero-order valence-corrected chi connectivity index (χ0v) is 16.4. The summed E-state index contributed by atoms with van der Waals surface area (Å²) in [5.74, 6) is 0.239. The van der Waals surface area contributed by atoms with Gasteiger partial charge in [-0.2, -0.15) is 5.11 Å². The minimum absolute atomic E-state index is 0.0344. The molecule has 0 fully saturated rings. The van der Waals surface area contributed by atoms with Gasteiger partial charge in [-0.25, -0.2) is 0 Å². The predicted molar refractivity (Wildman–Crippen MR) is 101 cm³/mol. The number of Topliss-reactive ketones (excluding diaryl/α,β-unsaturated/α-hetero) is 1. The van der Waals surface area contributed by atoms with Gasteiger partial charge in [0.25, 0.3) is 0 Å². The topological polar surface area (TPSA) is 53.8 Å². The van der Waals surface area contributed by atoms with Gasteiger partial charge in [0.2, 0.25) is 0 Å². The average molecular weight is 400 g/mol. The van der Waals surface area contributed by atoms with Crippen LogP contribution in [0.15, 0.2) is 62.0 Å². The second-order valence-corrected chi connectivity index (χ2v) is 8.64. The lowest BCUT2D eigenvalue weighted by atomic mass is 9.59. The van der Waals surface area contributed by atoms with Crippen molar-refractivity contribution >= 4 is 21.7 Å². The van der Waals surface area contributed by atoms with E-state index in [1.54, 1.807) is 0 Å². The number of azo groups is 1. The zero-order chi connectivity index (χ0) is 17.8. The Balaban J connectivity index is 2.03. The first-order valence-corrected chi connectivity index (χ1v) is 9.58. The number of rotatable bonds is 2. The van der Waals surface area contributed by atoms with Gasteiger partial charge in [0.1, 0.15) is 4.61 Å². The average Bonchev–Trinajstić information content (AvgIpc) is 2.94. The van der Waals surface area contributed by atoms with Gasteiger partial charge in [0, 0.05) is 23.3 Å². The molecule has 1 aromatic carbocycles. The molecule has 0 saturated carbocycles. The Kier molecular flexibility index (Phi) is 3.76. The fourth-order valence-electron chi connectivity index (χ4n) is 4.68. The number of hydrogen-bond donors (Lipinski definition) is 1.